The molecule has 6 heteroatoms. The van der Waals surface area contributed by atoms with E-state index in [2.05, 4.69) is 87.7 Å². The average molecular weight is 493 g/mol. The summed E-state index contributed by atoms with van der Waals surface area (Å²) in [6.07, 6.45) is 2.15. The summed E-state index contributed by atoms with van der Waals surface area (Å²) in [5.74, 6) is 0.886. The molecular weight excluding hydrogens is 455 g/mol. The first-order valence-corrected chi connectivity index (χ1v) is 10.4. The molecule has 0 saturated carbocycles. The van der Waals surface area contributed by atoms with E-state index in [9.17, 15) is 0 Å². The zero-order valence-electron chi connectivity index (χ0n) is 17.4. The molecule has 0 aromatic heterocycles. The maximum atomic E-state index is 4.80. The summed E-state index contributed by atoms with van der Waals surface area (Å²) in [6, 6.07) is 9.13. The Bertz CT molecular complexity index is 546. The fourth-order valence-electron chi connectivity index (χ4n) is 2.19. The number of halogens is 1. The second kappa shape index (κ2) is 12.8. The van der Waals surface area contributed by atoms with Gasteiger partial charge in [-0.25, -0.2) is 4.99 Å². The van der Waals surface area contributed by atoms with Gasteiger partial charge in [-0.05, 0) is 59.0 Å². The maximum Gasteiger partial charge on any atom is 0.191 e. The van der Waals surface area contributed by atoms with Crippen LogP contribution in [0.3, 0.4) is 0 Å². The van der Waals surface area contributed by atoms with Crippen molar-refractivity contribution in [3.8, 4) is 0 Å². The summed E-state index contributed by atoms with van der Waals surface area (Å²) in [6.45, 7) is 14.4. The first-order valence-electron chi connectivity index (χ1n) is 9.13. The number of guanidine groups is 1. The molecule has 0 spiro atoms. The molecule has 0 radical (unpaired) electrons. The lowest BCUT2D eigenvalue weighted by molar-refractivity contribution is 0.265. The molecule has 0 atom stereocenters. The highest BCUT2D eigenvalue weighted by atomic mass is 127. The summed E-state index contributed by atoms with van der Waals surface area (Å²) >= 11 is 1.86. The Labute approximate surface area is 182 Å². The van der Waals surface area contributed by atoms with Gasteiger partial charge in [-0.15, -0.1) is 24.0 Å². The second-order valence-corrected chi connectivity index (χ2v) is 8.80. The molecular formula is C20H37IN4S. The highest BCUT2D eigenvalue weighted by molar-refractivity contribution is 14.0. The molecule has 0 aliphatic heterocycles. The molecule has 1 aromatic rings. The Morgan fingerprint density at radius 2 is 1.81 bits per heavy atom. The Morgan fingerprint density at radius 1 is 1.19 bits per heavy atom. The molecule has 150 valence electrons. The summed E-state index contributed by atoms with van der Waals surface area (Å²) in [4.78, 5) is 7.15. The SMILES string of the molecule is CCNC(=NCc1ccccc1CN(C)C(C)C)NCC(C)(C)SC.I. The van der Waals surface area contributed by atoms with Crippen molar-refractivity contribution >= 4 is 41.7 Å². The maximum absolute atomic E-state index is 4.80. The number of rotatable bonds is 9. The lowest BCUT2D eigenvalue weighted by Crippen LogP contribution is -2.43. The molecule has 1 rings (SSSR count). The van der Waals surface area contributed by atoms with E-state index in [1.54, 1.807) is 0 Å². The Kier molecular flexibility index (Phi) is 12.6. The van der Waals surface area contributed by atoms with Gasteiger partial charge in [0.05, 0.1) is 6.54 Å². The van der Waals surface area contributed by atoms with Crippen molar-refractivity contribution < 1.29 is 0 Å². The minimum atomic E-state index is 0. The zero-order chi connectivity index (χ0) is 18.9. The van der Waals surface area contributed by atoms with Crippen molar-refractivity contribution in [1.82, 2.24) is 15.5 Å². The highest BCUT2D eigenvalue weighted by Gasteiger charge is 2.16. The van der Waals surface area contributed by atoms with E-state index in [1.807, 2.05) is 11.8 Å². The van der Waals surface area contributed by atoms with Crippen LogP contribution in [0.4, 0.5) is 0 Å². The Hall–Kier alpha value is -0.470. The van der Waals surface area contributed by atoms with Crippen LogP contribution in [0.2, 0.25) is 0 Å². The number of benzene rings is 1. The quantitative estimate of drug-likeness (QED) is 0.306. The minimum absolute atomic E-state index is 0. The first kappa shape index (κ1) is 25.5. The predicted octanol–water partition coefficient (Wildman–Crippen LogP) is 4.34. The number of hydrogen-bond acceptors (Lipinski definition) is 3. The van der Waals surface area contributed by atoms with Crippen LogP contribution in [0.5, 0.6) is 0 Å². The second-order valence-electron chi connectivity index (χ2n) is 7.29. The van der Waals surface area contributed by atoms with Crippen LogP contribution in [0.25, 0.3) is 0 Å². The molecule has 0 aliphatic rings. The topological polar surface area (TPSA) is 39.7 Å². The van der Waals surface area contributed by atoms with E-state index < -0.39 is 0 Å². The third-order valence-electron chi connectivity index (χ3n) is 4.41. The van der Waals surface area contributed by atoms with Gasteiger partial charge in [-0.3, -0.25) is 4.90 Å². The predicted molar refractivity (Wildman–Crippen MR) is 129 cm³/mol. The van der Waals surface area contributed by atoms with Gasteiger partial charge in [0.1, 0.15) is 0 Å². The molecule has 1 aromatic carbocycles. The molecule has 0 heterocycles. The van der Waals surface area contributed by atoms with Gasteiger partial charge in [0, 0.05) is 30.4 Å². The largest absolute Gasteiger partial charge is 0.357 e. The summed E-state index contributed by atoms with van der Waals surface area (Å²) in [7, 11) is 2.17. The molecule has 4 nitrogen and oxygen atoms in total. The lowest BCUT2D eigenvalue weighted by Gasteiger charge is -2.24. The summed E-state index contributed by atoms with van der Waals surface area (Å²) < 4.78 is 0.189. The number of aliphatic imine (C=N–C) groups is 1. The third-order valence-corrected chi connectivity index (χ3v) is 5.66. The number of thioether (sulfide) groups is 1. The fraction of sp³-hybridized carbons (Fsp3) is 0.650. The summed E-state index contributed by atoms with van der Waals surface area (Å²) in [5.41, 5.74) is 2.64. The smallest absolute Gasteiger partial charge is 0.191 e. The molecule has 0 aliphatic carbocycles. The van der Waals surface area contributed by atoms with Gasteiger partial charge < -0.3 is 10.6 Å². The van der Waals surface area contributed by atoms with Crippen LogP contribution in [0.1, 0.15) is 45.7 Å². The van der Waals surface area contributed by atoms with Gasteiger partial charge in [0.2, 0.25) is 0 Å². The molecule has 0 fully saturated rings. The molecule has 0 bridgehead atoms. The average Bonchev–Trinajstić information content (AvgIpc) is 2.58. The number of hydrogen-bond donors (Lipinski definition) is 2. The van der Waals surface area contributed by atoms with E-state index in [1.165, 1.54) is 11.1 Å². The van der Waals surface area contributed by atoms with E-state index in [4.69, 9.17) is 4.99 Å². The van der Waals surface area contributed by atoms with Crippen molar-refractivity contribution in [1.29, 1.82) is 0 Å². The van der Waals surface area contributed by atoms with E-state index >= 15 is 0 Å². The van der Waals surface area contributed by atoms with Crippen molar-refractivity contribution in [3.05, 3.63) is 35.4 Å². The molecule has 0 unspecified atom stereocenters. The van der Waals surface area contributed by atoms with Crippen LogP contribution in [0.15, 0.2) is 29.3 Å². The van der Waals surface area contributed by atoms with Crippen molar-refractivity contribution in [2.24, 2.45) is 4.99 Å². The van der Waals surface area contributed by atoms with Gasteiger partial charge in [0.15, 0.2) is 5.96 Å². The van der Waals surface area contributed by atoms with Gasteiger partial charge in [-0.2, -0.15) is 11.8 Å². The van der Waals surface area contributed by atoms with Crippen molar-refractivity contribution in [2.75, 3.05) is 26.4 Å². The molecule has 2 N–H and O–H groups in total. The van der Waals surface area contributed by atoms with Crippen LogP contribution in [0, 0.1) is 0 Å². The molecule has 26 heavy (non-hydrogen) atoms. The van der Waals surface area contributed by atoms with E-state index in [0.717, 1.165) is 25.6 Å². The molecule has 0 saturated heterocycles. The van der Waals surface area contributed by atoms with Crippen LogP contribution < -0.4 is 10.6 Å². The first-order chi connectivity index (χ1) is 11.8. The van der Waals surface area contributed by atoms with Crippen LogP contribution in [-0.2, 0) is 13.1 Å². The monoisotopic (exact) mass is 492 g/mol. The van der Waals surface area contributed by atoms with Crippen LogP contribution >= 0.6 is 35.7 Å². The number of nitrogens with one attached hydrogen (secondary N) is 2. The van der Waals surface area contributed by atoms with E-state index in [-0.39, 0.29) is 28.7 Å². The molecule has 0 amide bonds. The Balaban J connectivity index is 0.00000625. The van der Waals surface area contributed by atoms with Crippen LogP contribution in [-0.4, -0.2) is 48.0 Å². The highest BCUT2D eigenvalue weighted by Crippen LogP contribution is 2.19. The van der Waals surface area contributed by atoms with Gasteiger partial charge >= 0.3 is 0 Å². The summed E-state index contributed by atoms with van der Waals surface area (Å²) in [5, 5.41) is 6.82. The van der Waals surface area contributed by atoms with E-state index in [0.29, 0.717) is 12.6 Å². The lowest BCUT2D eigenvalue weighted by atomic mass is 10.1. The van der Waals surface area contributed by atoms with Gasteiger partial charge in [0.25, 0.3) is 0 Å². The standard InChI is InChI=1S/C20H36N4S.HI/c1-8-21-19(23-15-20(4,5)25-7)22-13-17-11-9-10-12-18(17)14-24(6)16(2)3;/h9-12,16H,8,13-15H2,1-7H3,(H2,21,22,23);1H. The van der Waals surface area contributed by atoms with Crippen molar-refractivity contribution in [2.45, 2.75) is 58.5 Å². The zero-order valence-corrected chi connectivity index (χ0v) is 20.6. The van der Waals surface area contributed by atoms with Crippen molar-refractivity contribution in [3.63, 3.8) is 0 Å². The van der Waals surface area contributed by atoms with Gasteiger partial charge in [-0.1, -0.05) is 24.3 Å². The Morgan fingerprint density at radius 3 is 2.35 bits per heavy atom. The fourth-order valence-corrected chi connectivity index (χ4v) is 2.41. The third kappa shape index (κ3) is 9.46. The minimum Gasteiger partial charge on any atom is -0.357 e. The number of nitrogens with zero attached hydrogens (tertiary/aromatic N) is 2. The normalized spacial score (nSPS) is 12.3.